The molecule has 0 saturated carbocycles. The molecule has 1 aromatic carbocycles. The number of Topliss-reactive ketones (excluding diaryl/α,β-unsaturated/α-hetero) is 1. The second-order valence-electron chi connectivity index (χ2n) is 7.86. The van der Waals surface area contributed by atoms with Crippen LogP contribution in [-0.4, -0.2) is 53.6 Å². The Kier molecular flexibility index (Phi) is 5.14. The number of ether oxygens (including phenoxy) is 1. The van der Waals surface area contributed by atoms with Gasteiger partial charge in [0, 0.05) is 47.9 Å². The number of nitrogens with zero attached hydrogens (tertiary/aromatic N) is 1. The molecule has 2 unspecified atom stereocenters. The number of benzene rings is 1. The first kappa shape index (κ1) is 19.9. The number of hydrogen-bond acceptors (Lipinski definition) is 4. The van der Waals surface area contributed by atoms with E-state index in [9.17, 15) is 26.9 Å². The molecule has 4 bridgehead atoms. The summed E-state index contributed by atoms with van der Waals surface area (Å²) in [5, 5.41) is 0.909. The number of carbonyl (C=O) groups is 2. The molecule has 0 amide bonds. The van der Waals surface area contributed by atoms with Gasteiger partial charge in [0.15, 0.2) is 0 Å². The molecule has 0 spiro atoms. The molecule has 10 heteroatoms. The minimum absolute atomic E-state index is 0.0356. The molecule has 0 aliphatic carbocycles. The number of fused-ring (bicyclic) bond motifs is 2. The van der Waals surface area contributed by atoms with Gasteiger partial charge in [-0.1, -0.05) is 18.2 Å². The van der Waals surface area contributed by atoms with Gasteiger partial charge in [-0.15, -0.1) is 0 Å². The lowest BCUT2D eigenvalue weighted by molar-refractivity contribution is -0.145. The Hall–Kier alpha value is -2.36. The maximum atomic E-state index is 12.6. The van der Waals surface area contributed by atoms with Crippen molar-refractivity contribution in [3.8, 4) is 0 Å². The maximum Gasteiger partial charge on any atom is 0.673 e. The van der Waals surface area contributed by atoms with Gasteiger partial charge >= 0.3 is 13.2 Å². The largest absolute Gasteiger partial charge is 0.673 e. The number of ketones is 1. The molecule has 0 radical (unpaired) electrons. The van der Waals surface area contributed by atoms with Gasteiger partial charge in [-0.05, 0) is 18.9 Å². The number of aromatic amines is 1. The zero-order valence-electron chi connectivity index (χ0n) is 15.5. The zero-order valence-corrected chi connectivity index (χ0v) is 15.5. The van der Waals surface area contributed by atoms with Crippen LogP contribution in [0.2, 0.25) is 0 Å². The topological polar surface area (TPSA) is 62.4 Å². The number of H-pyrrole nitrogens is 1. The number of aromatic nitrogens is 1. The molecule has 4 saturated heterocycles. The third kappa shape index (κ3) is 4.31. The summed E-state index contributed by atoms with van der Waals surface area (Å²) in [6.07, 6.45) is 5.29. The van der Waals surface area contributed by atoms with E-state index in [1.54, 1.807) is 6.20 Å². The van der Waals surface area contributed by atoms with Crippen LogP contribution in [0.1, 0.15) is 36.0 Å². The van der Waals surface area contributed by atoms with E-state index < -0.39 is 7.25 Å². The number of halogens is 4. The van der Waals surface area contributed by atoms with Crippen molar-refractivity contribution in [3.05, 3.63) is 36.0 Å². The van der Waals surface area contributed by atoms with Gasteiger partial charge in [-0.25, -0.2) is 4.79 Å². The molecule has 156 valence electrons. The van der Waals surface area contributed by atoms with E-state index in [1.807, 2.05) is 24.3 Å². The molecule has 4 aliphatic heterocycles. The van der Waals surface area contributed by atoms with Gasteiger partial charge in [-0.3, -0.25) is 9.69 Å². The third-order valence-corrected chi connectivity index (χ3v) is 6.00. The summed E-state index contributed by atoms with van der Waals surface area (Å²) >= 11 is 0. The van der Waals surface area contributed by atoms with Crippen molar-refractivity contribution in [2.75, 3.05) is 6.54 Å². The fourth-order valence-corrected chi connectivity index (χ4v) is 4.87. The quantitative estimate of drug-likeness (QED) is 0.464. The monoisotopic (exact) mass is 411 g/mol. The molecular formula is C19H20BF4N2O3-. The highest BCUT2D eigenvalue weighted by atomic mass is 19.5. The van der Waals surface area contributed by atoms with Crippen molar-refractivity contribution in [2.45, 2.75) is 43.9 Å². The Bertz CT molecular complexity index is 910. The maximum absolute atomic E-state index is 12.6. The molecule has 1 aromatic heterocycles. The predicted octanol–water partition coefficient (Wildman–Crippen LogP) is 3.82. The molecule has 2 aromatic rings. The highest BCUT2D eigenvalue weighted by Gasteiger charge is 2.49. The lowest BCUT2D eigenvalue weighted by atomic mass is 9.72. The zero-order chi connectivity index (χ0) is 20.8. The van der Waals surface area contributed by atoms with Gasteiger partial charge < -0.3 is 27.0 Å². The number of para-hydroxylation sites is 1. The van der Waals surface area contributed by atoms with Crippen LogP contribution in [0.5, 0.6) is 0 Å². The Morgan fingerprint density at radius 3 is 2.31 bits per heavy atom. The van der Waals surface area contributed by atoms with Gasteiger partial charge in [0.25, 0.3) is 0 Å². The second kappa shape index (κ2) is 7.48. The average Bonchev–Trinajstić information content (AvgIpc) is 3.04. The van der Waals surface area contributed by atoms with Gasteiger partial charge in [0.1, 0.15) is 11.9 Å². The number of hydrogen-bond donors (Lipinski definition) is 1. The van der Waals surface area contributed by atoms with Crippen molar-refractivity contribution in [2.24, 2.45) is 5.92 Å². The number of carbonyl (C=O) groups excluding carboxylic acids is 2. The molecule has 29 heavy (non-hydrogen) atoms. The minimum atomic E-state index is -6.00. The average molecular weight is 411 g/mol. The summed E-state index contributed by atoms with van der Waals surface area (Å²) in [4.78, 5) is 30.0. The molecule has 4 aliphatic rings. The van der Waals surface area contributed by atoms with Crippen molar-refractivity contribution < 1.29 is 31.6 Å². The van der Waals surface area contributed by atoms with Gasteiger partial charge in [0.05, 0.1) is 12.1 Å². The van der Waals surface area contributed by atoms with Crippen molar-refractivity contribution in [1.82, 2.24) is 9.88 Å². The van der Waals surface area contributed by atoms with Gasteiger partial charge in [-0.2, -0.15) is 0 Å². The SMILES string of the molecule is F[B-](F)(F)F.O=C(OC1CC2CC3CC(C1)N2CC3=O)c1c[nH]c2ccccc12. The van der Waals surface area contributed by atoms with Crippen molar-refractivity contribution in [1.29, 1.82) is 0 Å². The fraction of sp³-hybridized carbons (Fsp3) is 0.474. The van der Waals surface area contributed by atoms with Crippen LogP contribution < -0.4 is 0 Å². The third-order valence-electron chi connectivity index (χ3n) is 6.00. The van der Waals surface area contributed by atoms with Gasteiger partial charge in [0.2, 0.25) is 0 Å². The minimum Gasteiger partial charge on any atom is -0.459 e. The molecular weight excluding hydrogens is 391 g/mol. The van der Waals surface area contributed by atoms with Crippen LogP contribution >= 0.6 is 0 Å². The Morgan fingerprint density at radius 1 is 1.07 bits per heavy atom. The molecule has 2 atom stereocenters. The smallest absolute Gasteiger partial charge is 0.459 e. The van der Waals surface area contributed by atoms with Crippen LogP contribution in [0.15, 0.2) is 30.5 Å². The first-order chi connectivity index (χ1) is 13.7. The summed E-state index contributed by atoms with van der Waals surface area (Å²) in [7, 11) is -6.00. The predicted molar refractivity (Wildman–Crippen MR) is 98.9 cm³/mol. The molecule has 4 fully saturated rings. The van der Waals surface area contributed by atoms with Crippen LogP contribution in [-0.2, 0) is 9.53 Å². The van der Waals surface area contributed by atoms with E-state index >= 15 is 0 Å². The van der Waals surface area contributed by atoms with Crippen molar-refractivity contribution in [3.63, 3.8) is 0 Å². The number of nitrogens with one attached hydrogen (secondary N) is 1. The van der Waals surface area contributed by atoms with E-state index in [2.05, 4.69) is 9.88 Å². The normalized spacial score (nSPS) is 30.6. The molecule has 5 heterocycles. The van der Waals surface area contributed by atoms with E-state index in [4.69, 9.17) is 4.74 Å². The number of rotatable bonds is 2. The van der Waals surface area contributed by atoms with Crippen LogP contribution in [0, 0.1) is 5.92 Å². The Morgan fingerprint density at radius 2 is 1.69 bits per heavy atom. The van der Waals surface area contributed by atoms with E-state index in [0.29, 0.717) is 30.0 Å². The first-order valence-electron chi connectivity index (χ1n) is 9.62. The summed E-state index contributed by atoms with van der Waals surface area (Å²) in [6, 6.07) is 8.58. The van der Waals surface area contributed by atoms with Crippen LogP contribution in [0.25, 0.3) is 10.9 Å². The summed E-state index contributed by atoms with van der Waals surface area (Å²) in [5.74, 6) is 0.403. The van der Waals surface area contributed by atoms with Crippen molar-refractivity contribution >= 4 is 29.9 Å². The summed E-state index contributed by atoms with van der Waals surface area (Å²) < 4.78 is 44.8. The number of piperidine rings is 4. The highest BCUT2D eigenvalue weighted by molar-refractivity contribution is 6.50. The van der Waals surface area contributed by atoms with E-state index in [0.717, 1.165) is 36.6 Å². The highest BCUT2D eigenvalue weighted by Crippen LogP contribution is 2.42. The number of esters is 1. The summed E-state index contributed by atoms with van der Waals surface area (Å²) in [5.41, 5.74) is 1.56. The molecule has 5 nitrogen and oxygen atoms in total. The lowest BCUT2D eigenvalue weighted by Crippen LogP contribution is -2.63. The Balaban J connectivity index is 0.000000369. The Labute approximate surface area is 164 Å². The van der Waals surface area contributed by atoms with Crippen LogP contribution in [0.3, 0.4) is 0 Å². The molecule has 1 N–H and O–H groups in total. The molecule has 6 rings (SSSR count). The standard InChI is InChI=1S/C19H20N2O3.BF4/c22-18-10-21-12-5-11(18)6-13(21)8-14(7-12)24-19(23)16-9-20-17-4-2-1-3-15(16)17;2-1(3,4)5/h1-4,9,11-14,20H,5-8,10H2;/q;-1. The first-order valence-corrected chi connectivity index (χ1v) is 9.62. The summed E-state index contributed by atoms with van der Waals surface area (Å²) in [6.45, 7) is 0.600. The second-order valence-corrected chi connectivity index (χ2v) is 7.86. The van der Waals surface area contributed by atoms with E-state index in [1.165, 1.54) is 0 Å². The van der Waals surface area contributed by atoms with E-state index in [-0.39, 0.29) is 18.0 Å². The fourth-order valence-electron chi connectivity index (χ4n) is 4.87. The lowest BCUT2D eigenvalue weighted by Gasteiger charge is -2.54. The van der Waals surface area contributed by atoms with Crippen LogP contribution in [0.4, 0.5) is 17.3 Å².